The number of hydrogen-bond donors (Lipinski definition) is 1. The number of halogens is 3. The normalized spacial score (nSPS) is 10.3. The van der Waals surface area contributed by atoms with Crippen molar-refractivity contribution in [3.05, 3.63) is 51.9 Å². The SMILES string of the molecule is O=C(O)c1ccnc(Oc2ccc(Cl)c(F)c2)c1Cl. The first-order chi connectivity index (χ1) is 8.99. The molecule has 0 unspecified atom stereocenters. The van der Waals surface area contributed by atoms with Gasteiger partial charge in [-0.05, 0) is 18.2 Å². The standard InChI is InChI=1S/C12H6Cl2FNO3/c13-8-2-1-6(5-9(8)15)19-11-10(14)7(12(17)18)3-4-16-11/h1-5H,(H,17,18). The minimum absolute atomic E-state index is 0.0503. The second-order valence-electron chi connectivity index (χ2n) is 3.46. The van der Waals surface area contributed by atoms with Gasteiger partial charge < -0.3 is 9.84 Å². The Morgan fingerprint density at radius 3 is 2.68 bits per heavy atom. The highest BCUT2D eigenvalue weighted by molar-refractivity contribution is 6.34. The molecule has 0 atom stereocenters. The number of carboxylic acids is 1. The molecule has 1 aromatic heterocycles. The van der Waals surface area contributed by atoms with E-state index in [1.165, 1.54) is 24.4 Å². The molecule has 2 rings (SSSR count). The van der Waals surface area contributed by atoms with E-state index in [-0.39, 0.29) is 27.2 Å². The van der Waals surface area contributed by atoms with Crippen molar-refractivity contribution in [2.24, 2.45) is 0 Å². The fourth-order valence-electron chi connectivity index (χ4n) is 1.31. The van der Waals surface area contributed by atoms with Gasteiger partial charge >= 0.3 is 5.97 Å². The van der Waals surface area contributed by atoms with Crippen LogP contribution in [0.25, 0.3) is 0 Å². The van der Waals surface area contributed by atoms with Crippen LogP contribution < -0.4 is 4.74 Å². The average molecular weight is 302 g/mol. The quantitative estimate of drug-likeness (QED) is 0.930. The van der Waals surface area contributed by atoms with Gasteiger partial charge in [0.1, 0.15) is 16.6 Å². The lowest BCUT2D eigenvalue weighted by molar-refractivity contribution is 0.0696. The number of aromatic nitrogens is 1. The highest BCUT2D eigenvalue weighted by Crippen LogP contribution is 2.31. The molecule has 0 aliphatic rings. The van der Waals surface area contributed by atoms with Crippen LogP contribution in [0.4, 0.5) is 4.39 Å². The van der Waals surface area contributed by atoms with E-state index in [9.17, 15) is 9.18 Å². The van der Waals surface area contributed by atoms with Gasteiger partial charge in [-0.2, -0.15) is 0 Å². The van der Waals surface area contributed by atoms with Crippen LogP contribution in [0.3, 0.4) is 0 Å². The maximum Gasteiger partial charge on any atom is 0.337 e. The Morgan fingerprint density at radius 1 is 1.32 bits per heavy atom. The van der Waals surface area contributed by atoms with Crippen LogP contribution in [0.5, 0.6) is 11.6 Å². The van der Waals surface area contributed by atoms with Crippen LogP contribution in [0.2, 0.25) is 10.0 Å². The molecule has 0 aliphatic carbocycles. The number of carboxylic acid groups (broad SMARTS) is 1. The summed E-state index contributed by atoms with van der Waals surface area (Å²) in [5.74, 6) is -1.88. The molecule has 0 radical (unpaired) electrons. The molecule has 0 bridgehead atoms. The Balaban J connectivity index is 2.35. The lowest BCUT2D eigenvalue weighted by Crippen LogP contribution is -2.00. The smallest absolute Gasteiger partial charge is 0.337 e. The number of rotatable bonds is 3. The fourth-order valence-corrected chi connectivity index (χ4v) is 1.66. The van der Waals surface area contributed by atoms with Gasteiger partial charge in [0.25, 0.3) is 0 Å². The molecule has 0 fully saturated rings. The van der Waals surface area contributed by atoms with Crippen LogP contribution >= 0.6 is 23.2 Å². The Morgan fingerprint density at radius 2 is 2.05 bits per heavy atom. The van der Waals surface area contributed by atoms with Gasteiger partial charge in [-0.25, -0.2) is 14.2 Å². The summed E-state index contributed by atoms with van der Waals surface area (Å²) in [6.45, 7) is 0. The maximum absolute atomic E-state index is 13.2. The maximum atomic E-state index is 13.2. The Bertz CT molecular complexity index is 649. The van der Waals surface area contributed by atoms with Crippen molar-refractivity contribution in [3.8, 4) is 11.6 Å². The first-order valence-electron chi connectivity index (χ1n) is 4.99. The molecule has 2 aromatic rings. The highest BCUT2D eigenvalue weighted by Gasteiger charge is 2.15. The second-order valence-corrected chi connectivity index (χ2v) is 4.25. The number of pyridine rings is 1. The van der Waals surface area contributed by atoms with Gasteiger partial charge in [0.05, 0.1) is 10.6 Å². The zero-order chi connectivity index (χ0) is 14.0. The highest BCUT2D eigenvalue weighted by atomic mass is 35.5. The molecule has 0 amide bonds. The van der Waals surface area contributed by atoms with Crippen molar-refractivity contribution >= 4 is 29.2 Å². The van der Waals surface area contributed by atoms with Gasteiger partial charge in [-0.1, -0.05) is 23.2 Å². The number of carbonyl (C=O) groups is 1. The molecule has 0 saturated heterocycles. The summed E-state index contributed by atoms with van der Waals surface area (Å²) >= 11 is 11.4. The van der Waals surface area contributed by atoms with Crippen LogP contribution in [-0.4, -0.2) is 16.1 Å². The summed E-state index contributed by atoms with van der Waals surface area (Å²) in [4.78, 5) is 14.7. The molecule has 1 aromatic carbocycles. The third-order valence-electron chi connectivity index (χ3n) is 2.19. The first-order valence-corrected chi connectivity index (χ1v) is 5.75. The largest absolute Gasteiger partial charge is 0.478 e. The minimum Gasteiger partial charge on any atom is -0.478 e. The molecular weight excluding hydrogens is 296 g/mol. The fraction of sp³-hybridized carbons (Fsp3) is 0. The summed E-state index contributed by atoms with van der Waals surface area (Å²) in [7, 11) is 0. The second kappa shape index (κ2) is 5.42. The number of nitrogens with zero attached hydrogens (tertiary/aromatic N) is 1. The van der Waals surface area contributed by atoms with Crippen molar-refractivity contribution in [2.75, 3.05) is 0 Å². The van der Waals surface area contributed by atoms with Crippen LogP contribution in [0.15, 0.2) is 30.5 Å². The molecule has 0 spiro atoms. The predicted octanol–water partition coefficient (Wildman–Crippen LogP) is 4.02. The summed E-state index contributed by atoms with van der Waals surface area (Å²) in [6, 6.07) is 5.01. The van der Waals surface area contributed by atoms with Crippen molar-refractivity contribution in [2.45, 2.75) is 0 Å². The van der Waals surface area contributed by atoms with Crippen LogP contribution in [0.1, 0.15) is 10.4 Å². The van der Waals surface area contributed by atoms with Crippen molar-refractivity contribution < 1.29 is 19.0 Å². The average Bonchev–Trinajstić information content (AvgIpc) is 2.36. The third kappa shape index (κ3) is 2.94. The summed E-state index contributed by atoms with van der Waals surface area (Å²) in [5, 5.41) is 8.68. The van der Waals surface area contributed by atoms with E-state index in [0.29, 0.717) is 0 Å². The van der Waals surface area contributed by atoms with Gasteiger partial charge in [0, 0.05) is 12.3 Å². The van der Waals surface area contributed by atoms with E-state index in [4.69, 9.17) is 33.0 Å². The van der Waals surface area contributed by atoms with Crippen molar-refractivity contribution in [3.63, 3.8) is 0 Å². The first kappa shape index (κ1) is 13.6. The van der Waals surface area contributed by atoms with E-state index >= 15 is 0 Å². The number of hydrogen-bond acceptors (Lipinski definition) is 3. The molecule has 1 heterocycles. The molecule has 98 valence electrons. The lowest BCUT2D eigenvalue weighted by atomic mass is 10.2. The van der Waals surface area contributed by atoms with Gasteiger partial charge in [0.2, 0.25) is 5.88 Å². The number of benzene rings is 1. The van der Waals surface area contributed by atoms with Gasteiger partial charge in [-0.3, -0.25) is 0 Å². The van der Waals surface area contributed by atoms with E-state index in [0.717, 1.165) is 6.07 Å². The Kier molecular flexibility index (Phi) is 3.87. The van der Waals surface area contributed by atoms with E-state index in [2.05, 4.69) is 4.98 Å². The van der Waals surface area contributed by atoms with E-state index < -0.39 is 11.8 Å². The van der Waals surface area contributed by atoms with Crippen molar-refractivity contribution in [1.29, 1.82) is 0 Å². The van der Waals surface area contributed by atoms with Gasteiger partial charge in [-0.15, -0.1) is 0 Å². The third-order valence-corrected chi connectivity index (χ3v) is 2.87. The molecule has 4 nitrogen and oxygen atoms in total. The monoisotopic (exact) mass is 301 g/mol. The van der Waals surface area contributed by atoms with Crippen molar-refractivity contribution in [1.82, 2.24) is 4.98 Å². The minimum atomic E-state index is -1.21. The molecule has 7 heteroatoms. The Hall–Kier alpha value is -1.85. The van der Waals surface area contributed by atoms with Crippen LogP contribution in [-0.2, 0) is 0 Å². The molecular formula is C12H6Cl2FNO3. The Labute approximate surface area is 117 Å². The molecule has 1 N–H and O–H groups in total. The van der Waals surface area contributed by atoms with E-state index in [1.54, 1.807) is 0 Å². The van der Waals surface area contributed by atoms with Crippen LogP contribution in [0, 0.1) is 5.82 Å². The number of aromatic carboxylic acids is 1. The molecule has 0 aliphatic heterocycles. The summed E-state index contributed by atoms with van der Waals surface area (Å²) < 4.78 is 18.5. The van der Waals surface area contributed by atoms with E-state index in [1.807, 2.05) is 0 Å². The topological polar surface area (TPSA) is 59.4 Å². The predicted molar refractivity (Wildman–Crippen MR) is 67.7 cm³/mol. The zero-order valence-corrected chi connectivity index (χ0v) is 10.7. The molecule has 0 saturated carbocycles. The van der Waals surface area contributed by atoms with Gasteiger partial charge in [0.15, 0.2) is 0 Å². The molecule has 19 heavy (non-hydrogen) atoms. The number of ether oxygens (including phenoxy) is 1. The lowest BCUT2D eigenvalue weighted by Gasteiger charge is -2.08. The summed E-state index contributed by atoms with van der Waals surface area (Å²) in [6.07, 6.45) is 1.23. The zero-order valence-electron chi connectivity index (χ0n) is 9.23. The summed E-state index contributed by atoms with van der Waals surface area (Å²) in [5.41, 5.74) is -0.152.